The average molecular weight is 296 g/mol. The van der Waals surface area contributed by atoms with Crippen LogP contribution < -0.4 is 10.2 Å². The summed E-state index contributed by atoms with van der Waals surface area (Å²) in [7, 11) is 0. The fourth-order valence-electron chi connectivity index (χ4n) is 2.41. The summed E-state index contributed by atoms with van der Waals surface area (Å²) in [6, 6.07) is 5.67. The van der Waals surface area contributed by atoms with Crippen molar-refractivity contribution in [2.75, 3.05) is 36.0 Å². The molecule has 20 heavy (non-hydrogen) atoms. The smallest absolute Gasteiger partial charge is 0.146 e. The number of nitrogens with zero attached hydrogens (tertiary/aromatic N) is 1. The van der Waals surface area contributed by atoms with Gasteiger partial charge in [-0.2, -0.15) is 11.8 Å². The van der Waals surface area contributed by atoms with Gasteiger partial charge >= 0.3 is 0 Å². The Bertz CT molecular complexity index is 415. The maximum atomic E-state index is 14.3. The molecule has 4 heteroatoms. The van der Waals surface area contributed by atoms with Gasteiger partial charge in [0, 0.05) is 25.4 Å². The first-order valence-electron chi connectivity index (χ1n) is 7.48. The molecule has 1 fully saturated rings. The Labute approximate surface area is 126 Å². The van der Waals surface area contributed by atoms with Crippen molar-refractivity contribution in [3.8, 4) is 0 Å². The monoisotopic (exact) mass is 296 g/mol. The predicted octanol–water partition coefficient (Wildman–Crippen LogP) is 3.51. The van der Waals surface area contributed by atoms with E-state index in [0.29, 0.717) is 5.92 Å². The average Bonchev–Trinajstić information content (AvgIpc) is 2.67. The van der Waals surface area contributed by atoms with Crippen LogP contribution in [0.5, 0.6) is 0 Å². The van der Waals surface area contributed by atoms with Crippen molar-refractivity contribution in [3.63, 3.8) is 0 Å². The van der Waals surface area contributed by atoms with E-state index in [4.69, 9.17) is 0 Å². The van der Waals surface area contributed by atoms with Gasteiger partial charge in [0.05, 0.1) is 5.69 Å². The Morgan fingerprint density at radius 2 is 2.15 bits per heavy atom. The zero-order valence-electron chi connectivity index (χ0n) is 12.5. The molecule has 1 N–H and O–H groups in total. The number of hydrogen-bond acceptors (Lipinski definition) is 3. The van der Waals surface area contributed by atoms with Crippen LogP contribution in [0.15, 0.2) is 18.2 Å². The van der Waals surface area contributed by atoms with Gasteiger partial charge < -0.3 is 10.2 Å². The molecule has 2 nitrogen and oxygen atoms in total. The minimum absolute atomic E-state index is 0.0826. The first kappa shape index (κ1) is 15.6. The molecule has 0 bridgehead atoms. The van der Waals surface area contributed by atoms with E-state index in [1.54, 1.807) is 6.07 Å². The maximum absolute atomic E-state index is 14.3. The summed E-state index contributed by atoms with van der Waals surface area (Å²) in [5.74, 6) is 2.82. The number of nitrogens with one attached hydrogen (secondary N) is 1. The molecule has 1 aliphatic heterocycles. The van der Waals surface area contributed by atoms with Crippen LogP contribution in [0.1, 0.15) is 25.8 Å². The van der Waals surface area contributed by atoms with Gasteiger partial charge in [0.1, 0.15) is 5.82 Å². The molecular formula is C16H25FN2S. The minimum atomic E-state index is -0.0826. The van der Waals surface area contributed by atoms with Gasteiger partial charge in [0.2, 0.25) is 0 Å². The standard InChI is InChI=1S/C16H25FN2S/c1-13(2)11-18-12-14-4-5-16(15(17)10-14)19-6-3-8-20-9-7-19/h4-5,10,13,18H,3,6-9,11-12H2,1-2H3. The van der Waals surface area contributed by atoms with Crippen molar-refractivity contribution in [3.05, 3.63) is 29.6 Å². The molecule has 0 aliphatic carbocycles. The minimum Gasteiger partial charge on any atom is -0.368 e. The Balaban J connectivity index is 1.97. The Hall–Kier alpha value is -0.740. The van der Waals surface area contributed by atoms with Crippen molar-refractivity contribution >= 4 is 17.4 Å². The van der Waals surface area contributed by atoms with Crippen LogP contribution in [0.2, 0.25) is 0 Å². The van der Waals surface area contributed by atoms with Crippen LogP contribution in [0.4, 0.5) is 10.1 Å². The molecule has 112 valence electrons. The van der Waals surface area contributed by atoms with E-state index in [9.17, 15) is 4.39 Å². The van der Waals surface area contributed by atoms with Crippen LogP contribution in [0, 0.1) is 11.7 Å². The molecule has 1 aliphatic rings. The Morgan fingerprint density at radius 3 is 2.90 bits per heavy atom. The molecule has 1 saturated heterocycles. The summed E-state index contributed by atoms with van der Waals surface area (Å²) in [6.45, 7) is 7.97. The van der Waals surface area contributed by atoms with Gasteiger partial charge in [-0.1, -0.05) is 19.9 Å². The highest BCUT2D eigenvalue weighted by atomic mass is 32.2. The third-order valence-electron chi connectivity index (χ3n) is 3.46. The summed E-state index contributed by atoms with van der Waals surface area (Å²) < 4.78 is 14.3. The zero-order chi connectivity index (χ0) is 14.4. The van der Waals surface area contributed by atoms with Gasteiger partial charge in [-0.15, -0.1) is 0 Å². The fraction of sp³-hybridized carbons (Fsp3) is 0.625. The second-order valence-corrected chi connectivity index (χ2v) is 6.99. The largest absolute Gasteiger partial charge is 0.368 e. The van der Waals surface area contributed by atoms with Crippen molar-refractivity contribution in [2.24, 2.45) is 5.92 Å². The SMILES string of the molecule is CC(C)CNCc1ccc(N2CCCSCC2)c(F)c1. The van der Waals surface area contributed by atoms with Crippen LogP contribution in [-0.2, 0) is 6.54 Å². The van der Waals surface area contributed by atoms with Crippen LogP contribution >= 0.6 is 11.8 Å². The highest BCUT2D eigenvalue weighted by Crippen LogP contribution is 2.23. The zero-order valence-corrected chi connectivity index (χ0v) is 13.3. The first-order chi connectivity index (χ1) is 9.66. The van der Waals surface area contributed by atoms with E-state index in [1.807, 2.05) is 23.9 Å². The van der Waals surface area contributed by atoms with Crippen molar-refractivity contribution < 1.29 is 4.39 Å². The second kappa shape index (κ2) is 7.89. The van der Waals surface area contributed by atoms with Gasteiger partial charge in [0.25, 0.3) is 0 Å². The molecule has 0 amide bonds. The fourth-order valence-corrected chi connectivity index (χ4v) is 3.30. The lowest BCUT2D eigenvalue weighted by molar-refractivity contribution is 0.550. The van der Waals surface area contributed by atoms with Gasteiger partial charge in [0.15, 0.2) is 0 Å². The quantitative estimate of drug-likeness (QED) is 0.895. The first-order valence-corrected chi connectivity index (χ1v) is 8.64. The molecule has 2 rings (SSSR count). The molecule has 1 aromatic rings. The van der Waals surface area contributed by atoms with E-state index in [-0.39, 0.29) is 5.82 Å². The van der Waals surface area contributed by atoms with E-state index >= 15 is 0 Å². The summed E-state index contributed by atoms with van der Waals surface area (Å²) in [5, 5.41) is 3.35. The maximum Gasteiger partial charge on any atom is 0.146 e. The number of rotatable bonds is 5. The van der Waals surface area contributed by atoms with Crippen molar-refractivity contribution in [1.82, 2.24) is 5.32 Å². The number of benzene rings is 1. The van der Waals surface area contributed by atoms with Crippen LogP contribution in [-0.4, -0.2) is 31.1 Å². The van der Waals surface area contributed by atoms with Crippen molar-refractivity contribution in [2.45, 2.75) is 26.8 Å². The normalized spacial score (nSPS) is 16.5. The molecule has 0 spiro atoms. The summed E-state index contributed by atoms with van der Waals surface area (Å²) in [6.07, 6.45) is 1.14. The lowest BCUT2D eigenvalue weighted by atomic mass is 10.1. The third kappa shape index (κ3) is 4.67. The number of anilines is 1. The van der Waals surface area contributed by atoms with Gasteiger partial charge in [-0.3, -0.25) is 0 Å². The third-order valence-corrected chi connectivity index (χ3v) is 4.51. The molecule has 0 radical (unpaired) electrons. The van der Waals surface area contributed by atoms with E-state index < -0.39 is 0 Å². The lowest BCUT2D eigenvalue weighted by Crippen LogP contribution is -2.26. The predicted molar refractivity (Wildman–Crippen MR) is 87.1 cm³/mol. The summed E-state index contributed by atoms with van der Waals surface area (Å²) in [5.41, 5.74) is 1.79. The van der Waals surface area contributed by atoms with Crippen molar-refractivity contribution in [1.29, 1.82) is 0 Å². The molecule has 0 unspecified atom stereocenters. The van der Waals surface area contributed by atoms with E-state index in [1.165, 1.54) is 5.75 Å². The van der Waals surface area contributed by atoms with Gasteiger partial charge in [-0.25, -0.2) is 4.39 Å². The highest BCUT2D eigenvalue weighted by Gasteiger charge is 2.14. The molecule has 1 heterocycles. The number of thioether (sulfide) groups is 1. The molecular weight excluding hydrogens is 271 g/mol. The highest BCUT2D eigenvalue weighted by molar-refractivity contribution is 7.99. The molecule has 0 aromatic heterocycles. The molecule has 1 aromatic carbocycles. The summed E-state index contributed by atoms with van der Waals surface area (Å²) in [4.78, 5) is 2.18. The van der Waals surface area contributed by atoms with E-state index in [2.05, 4.69) is 24.1 Å². The van der Waals surface area contributed by atoms with Crippen LogP contribution in [0.25, 0.3) is 0 Å². The molecule has 0 atom stereocenters. The Kier molecular flexibility index (Phi) is 6.17. The summed E-state index contributed by atoms with van der Waals surface area (Å²) >= 11 is 1.96. The van der Waals surface area contributed by atoms with Crippen LogP contribution in [0.3, 0.4) is 0 Å². The lowest BCUT2D eigenvalue weighted by Gasteiger charge is -2.23. The van der Waals surface area contributed by atoms with Gasteiger partial charge in [-0.05, 0) is 42.3 Å². The second-order valence-electron chi connectivity index (χ2n) is 5.76. The molecule has 0 saturated carbocycles. The number of halogens is 1. The Morgan fingerprint density at radius 1 is 1.30 bits per heavy atom. The topological polar surface area (TPSA) is 15.3 Å². The number of hydrogen-bond donors (Lipinski definition) is 1. The van der Waals surface area contributed by atoms with E-state index in [0.717, 1.165) is 49.6 Å².